The van der Waals surface area contributed by atoms with Gasteiger partial charge in [-0.1, -0.05) is 56.8 Å². The van der Waals surface area contributed by atoms with E-state index in [1.807, 2.05) is 6.92 Å². The Labute approximate surface area is 192 Å². The highest BCUT2D eigenvalue weighted by molar-refractivity contribution is 9.10. The number of hydrogen-bond acceptors (Lipinski definition) is 3. The predicted octanol–water partition coefficient (Wildman–Crippen LogP) is 5.26. The zero-order valence-electron chi connectivity index (χ0n) is 14.6. The van der Waals surface area contributed by atoms with Gasteiger partial charge in [-0.25, -0.2) is 0 Å². The molecule has 0 saturated carbocycles. The number of carbonyl (C=O) groups excluding carboxylic acids is 1. The number of carbonyl (C=O) groups is 1. The third-order valence-electron chi connectivity index (χ3n) is 3.39. The van der Waals surface area contributed by atoms with Crippen LogP contribution in [0, 0.1) is 0 Å². The van der Waals surface area contributed by atoms with Crippen molar-refractivity contribution in [2.45, 2.75) is 16.9 Å². The van der Waals surface area contributed by atoms with Crippen LogP contribution < -0.4 is 20.7 Å². The molecule has 3 N–H and O–H groups in total. The third-order valence-corrected chi connectivity index (χ3v) is 4.76. The van der Waals surface area contributed by atoms with Crippen LogP contribution in [0.2, 0.25) is 0 Å². The van der Waals surface area contributed by atoms with Gasteiger partial charge in [0.2, 0.25) is 3.79 Å². The predicted molar refractivity (Wildman–Crippen MR) is 123 cm³/mol. The van der Waals surface area contributed by atoms with Crippen molar-refractivity contribution in [3.8, 4) is 5.75 Å². The minimum Gasteiger partial charge on any atom is -0.494 e. The Morgan fingerprint density at radius 2 is 1.86 bits per heavy atom. The molecule has 0 unspecified atom stereocenters. The molecule has 0 heterocycles. The second-order valence-corrected chi connectivity index (χ2v) is 9.21. The second-order valence-electron chi connectivity index (χ2n) is 5.51. The maximum Gasteiger partial charge on any atom is 0.253 e. The number of benzene rings is 2. The Balaban J connectivity index is 2.03. The number of halogens is 4. The summed E-state index contributed by atoms with van der Waals surface area (Å²) >= 11 is 26.6. The van der Waals surface area contributed by atoms with Gasteiger partial charge in [-0.05, 0) is 61.6 Å². The van der Waals surface area contributed by atoms with E-state index < -0.39 is 15.9 Å². The summed E-state index contributed by atoms with van der Waals surface area (Å²) in [5, 5.41) is 8.58. The van der Waals surface area contributed by atoms with Crippen LogP contribution >= 0.6 is 63.0 Å². The van der Waals surface area contributed by atoms with Crippen molar-refractivity contribution < 1.29 is 9.53 Å². The van der Waals surface area contributed by atoms with Crippen molar-refractivity contribution in [3.63, 3.8) is 0 Å². The van der Waals surface area contributed by atoms with Crippen molar-refractivity contribution in [1.82, 2.24) is 10.6 Å². The van der Waals surface area contributed by atoms with Crippen LogP contribution in [0.25, 0.3) is 0 Å². The first-order valence-electron chi connectivity index (χ1n) is 8.12. The lowest BCUT2D eigenvalue weighted by atomic mass is 10.2. The van der Waals surface area contributed by atoms with Gasteiger partial charge in [-0.2, -0.15) is 0 Å². The van der Waals surface area contributed by atoms with Gasteiger partial charge in [0, 0.05) is 15.7 Å². The number of thiocarbonyl (C=S) groups is 1. The zero-order chi connectivity index (χ0) is 20.7. The highest BCUT2D eigenvalue weighted by Crippen LogP contribution is 2.29. The molecule has 2 aromatic carbocycles. The summed E-state index contributed by atoms with van der Waals surface area (Å²) in [6.45, 7) is 2.49. The number of ether oxygens (including phenoxy) is 1. The van der Waals surface area contributed by atoms with Crippen LogP contribution in [0.5, 0.6) is 5.75 Å². The molecule has 0 radical (unpaired) electrons. The number of amides is 1. The van der Waals surface area contributed by atoms with Crippen LogP contribution in [-0.2, 0) is 0 Å². The molecule has 2 rings (SSSR count). The molecule has 1 amide bonds. The zero-order valence-corrected chi connectivity index (χ0v) is 19.3. The normalized spacial score (nSPS) is 12.0. The molecular formula is C18H17BrCl3N3O2S. The fourth-order valence-corrected chi connectivity index (χ4v) is 3.11. The quantitative estimate of drug-likeness (QED) is 0.273. The van der Waals surface area contributed by atoms with E-state index in [1.165, 1.54) is 0 Å². The fourth-order valence-electron chi connectivity index (χ4n) is 2.14. The van der Waals surface area contributed by atoms with Crippen LogP contribution in [0.3, 0.4) is 0 Å². The molecule has 5 nitrogen and oxygen atoms in total. The first kappa shape index (κ1) is 23.0. The van der Waals surface area contributed by atoms with Gasteiger partial charge in [0.05, 0.1) is 6.61 Å². The molecule has 150 valence electrons. The van der Waals surface area contributed by atoms with Gasteiger partial charge in [0.15, 0.2) is 5.11 Å². The molecule has 1 atom stereocenters. The summed E-state index contributed by atoms with van der Waals surface area (Å²) in [5.74, 6) is 0.321. The maximum atomic E-state index is 12.5. The highest BCUT2D eigenvalue weighted by Gasteiger charge is 2.34. The van der Waals surface area contributed by atoms with E-state index in [0.29, 0.717) is 17.9 Å². The van der Waals surface area contributed by atoms with E-state index in [2.05, 4.69) is 31.9 Å². The summed E-state index contributed by atoms with van der Waals surface area (Å²) in [6, 6.07) is 14.0. The number of nitrogens with one attached hydrogen (secondary N) is 3. The number of hydrogen-bond donors (Lipinski definition) is 3. The smallest absolute Gasteiger partial charge is 0.253 e. The first-order chi connectivity index (χ1) is 13.2. The maximum absolute atomic E-state index is 12.5. The minimum absolute atomic E-state index is 0.176. The molecule has 0 aromatic heterocycles. The van der Waals surface area contributed by atoms with Gasteiger partial charge in [0.1, 0.15) is 11.9 Å². The Morgan fingerprint density at radius 3 is 2.43 bits per heavy atom. The van der Waals surface area contributed by atoms with Crippen molar-refractivity contribution in [3.05, 3.63) is 58.6 Å². The number of anilines is 1. The van der Waals surface area contributed by atoms with Crippen molar-refractivity contribution in [2.75, 3.05) is 11.9 Å². The minimum atomic E-state index is -1.84. The largest absolute Gasteiger partial charge is 0.494 e. The third kappa shape index (κ3) is 7.29. The van der Waals surface area contributed by atoms with Gasteiger partial charge in [0.25, 0.3) is 5.91 Å². The average Bonchev–Trinajstić information content (AvgIpc) is 2.62. The van der Waals surface area contributed by atoms with E-state index in [1.54, 1.807) is 48.5 Å². The molecule has 0 aliphatic carbocycles. The van der Waals surface area contributed by atoms with Crippen molar-refractivity contribution in [2.24, 2.45) is 0 Å². The lowest BCUT2D eigenvalue weighted by Crippen LogP contribution is -2.56. The average molecular weight is 526 g/mol. The monoisotopic (exact) mass is 523 g/mol. The Kier molecular flexibility index (Phi) is 8.64. The van der Waals surface area contributed by atoms with E-state index in [-0.39, 0.29) is 5.11 Å². The van der Waals surface area contributed by atoms with E-state index in [4.69, 9.17) is 51.8 Å². The molecule has 0 aliphatic rings. The summed E-state index contributed by atoms with van der Waals surface area (Å²) in [6.07, 6.45) is -1.06. The van der Waals surface area contributed by atoms with Crippen LogP contribution in [0.15, 0.2) is 53.0 Å². The molecule has 0 saturated heterocycles. The standard InChI is InChI=1S/C18H17BrCl3N3O2S/c1-2-27-14-8-6-13(7-9-14)23-17(28)25-16(18(20,21)22)24-15(26)11-4-3-5-12(19)10-11/h3-10,16H,2H2,1H3,(H,24,26)(H2,23,25,28)/t16-/m1/s1. The van der Waals surface area contributed by atoms with E-state index >= 15 is 0 Å². The fraction of sp³-hybridized carbons (Fsp3) is 0.222. The van der Waals surface area contributed by atoms with Crippen LogP contribution in [0.1, 0.15) is 17.3 Å². The molecule has 0 aliphatic heterocycles. The Bertz CT molecular complexity index is 832. The molecular weight excluding hydrogens is 509 g/mol. The lowest BCUT2D eigenvalue weighted by molar-refractivity contribution is 0.0934. The summed E-state index contributed by atoms with van der Waals surface area (Å²) in [4.78, 5) is 12.5. The topological polar surface area (TPSA) is 62.4 Å². The van der Waals surface area contributed by atoms with Crippen molar-refractivity contribution >= 4 is 79.7 Å². The lowest BCUT2D eigenvalue weighted by Gasteiger charge is -2.27. The summed E-state index contributed by atoms with van der Waals surface area (Å²) in [5.41, 5.74) is 1.11. The van der Waals surface area contributed by atoms with Gasteiger partial charge >= 0.3 is 0 Å². The van der Waals surface area contributed by atoms with Gasteiger partial charge in [-0.15, -0.1) is 0 Å². The van der Waals surface area contributed by atoms with Crippen molar-refractivity contribution in [1.29, 1.82) is 0 Å². The van der Waals surface area contributed by atoms with Gasteiger partial charge in [-0.3, -0.25) is 4.79 Å². The highest BCUT2D eigenvalue weighted by atomic mass is 79.9. The van der Waals surface area contributed by atoms with E-state index in [9.17, 15) is 4.79 Å². The Hall–Kier alpha value is -1.25. The van der Waals surface area contributed by atoms with Crippen LogP contribution in [0.4, 0.5) is 5.69 Å². The molecule has 0 fully saturated rings. The van der Waals surface area contributed by atoms with E-state index in [0.717, 1.165) is 10.2 Å². The number of rotatable bonds is 6. The molecule has 2 aromatic rings. The summed E-state index contributed by atoms with van der Waals surface area (Å²) in [7, 11) is 0. The molecule has 0 bridgehead atoms. The number of alkyl halides is 3. The second kappa shape index (κ2) is 10.5. The molecule has 10 heteroatoms. The summed E-state index contributed by atoms with van der Waals surface area (Å²) < 4.78 is 4.30. The molecule has 28 heavy (non-hydrogen) atoms. The first-order valence-corrected chi connectivity index (χ1v) is 10.5. The van der Waals surface area contributed by atoms with Crippen LogP contribution in [-0.4, -0.2) is 27.6 Å². The SMILES string of the molecule is CCOc1ccc(NC(=S)N[C@@H](NC(=O)c2cccc(Br)c2)C(Cl)(Cl)Cl)cc1. The van der Waals surface area contributed by atoms with Gasteiger partial charge < -0.3 is 20.7 Å². The molecule has 0 spiro atoms. The Morgan fingerprint density at radius 1 is 1.18 bits per heavy atom.